The molecule has 12 heteroatoms. The molecule has 39 heavy (non-hydrogen) atoms. The molecule has 1 fully saturated rings. The Balaban J connectivity index is 1.40. The van der Waals surface area contributed by atoms with E-state index in [9.17, 15) is 22.4 Å². The topological polar surface area (TPSA) is 73.8 Å². The molecule has 0 aliphatic carbocycles. The van der Waals surface area contributed by atoms with Crippen LogP contribution in [0.4, 0.5) is 40.7 Å². The molecule has 1 N–H and O–H groups in total. The van der Waals surface area contributed by atoms with Crippen LogP contribution in [0.25, 0.3) is 5.57 Å². The molecule has 0 spiro atoms. The number of rotatable bonds is 5. The Labute approximate surface area is 222 Å². The molecule has 3 aromatic rings. The molecule has 0 radical (unpaired) electrons. The molecular weight excluding hydrogens is 516 g/mol. The number of benzene rings is 2. The molecule has 2 aromatic carbocycles. The summed E-state index contributed by atoms with van der Waals surface area (Å²) < 4.78 is 55.7. The minimum absolute atomic E-state index is 0.0120. The molecule has 0 bridgehead atoms. The number of nitrogens with zero attached hydrogens (tertiary/aromatic N) is 5. The molecule has 0 atom stereocenters. The summed E-state index contributed by atoms with van der Waals surface area (Å²) in [7, 11) is 3.28. The Kier molecular flexibility index (Phi) is 7.23. The zero-order valence-corrected chi connectivity index (χ0v) is 21.3. The fraction of sp³-hybridized carbons (Fsp3) is 0.296. The van der Waals surface area contributed by atoms with Crippen molar-refractivity contribution in [3.05, 3.63) is 77.2 Å². The molecule has 2 aliphatic heterocycles. The summed E-state index contributed by atoms with van der Waals surface area (Å²) in [6.45, 7) is 3.85. The first-order valence-corrected chi connectivity index (χ1v) is 12.3. The molecule has 2 aliphatic rings. The predicted octanol–water partition coefficient (Wildman–Crippen LogP) is 4.66. The summed E-state index contributed by atoms with van der Waals surface area (Å²) in [4.78, 5) is 31.9. The van der Waals surface area contributed by atoms with Crippen molar-refractivity contribution in [1.82, 2.24) is 14.9 Å². The molecule has 204 valence electrons. The van der Waals surface area contributed by atoms with E-state index >= 15 is 0 Å². The van der Waals surface area contributed by atoms with Gasteiger partial charge >= 0.3 is 6.18 Å². The Morgan fingerprint density at radius 3 is 2.41 bits per heavy atom. The number of hydrogen-bond donors (Lipinski definition) is 1. The Morgan fingerprint density at radius 1 is 1.03 bits per heavy atom. The van der Waals surface area contributed by atoms with Crippen molar-refractivity contribution in [2.75, 3.05) is 55.6 Å². The number of carbonyl (C=O) groups excluding carboxylic acids is 1. The maximum atomic E-state index is 14.7. The van der Waals surface area contributed by atoms with E-state index in [0.29, 0.717) is 11.3 Å². The van der Waals surface area contributed by atoms with Crippen molar-refractivity contribution in [3.63, 3.8) is 0 Å². The first-order valence-electron chi connectivity index (χ1n) is 12.3. The third kappa shape index (κ3) is 5.43. The minimum Gasteiger partial charge on any atom is -0.369 e. The summed E-state index contributed by atoms with van der Waals surface area (Å²) in [6, 6.07) is 10.3. The van der Waals surface area contributed by atoms with E-state index in [1.165, 1.54) is 19.4 Å². The Hall–Kier alpha value is -4.03. The molecule has 3 heterocycles. The number of allylic oxidation sites excluding steroid dienone is 1. The van der Waals surface area contributed by atoms with Crippen LogP contribution in [-0.2, 0) is 22.2 Å². The van der Waals surface area contributed by atoms with Crippen molar-refractivity contribution < 1.29 is 27.2 Å². The summed E-state index contributed by atoms with van der Waals surface area (Å²) in [5.74, 6) is -1.95. The van der Waals surface area contributed by atoms with Crippen molar-refractivity contribution >= 4 is 34.6 Å². The second kappa shape index (κ2) is 10.6. The number of alkyl halides is 3. The average Bonchev–Trinajstić information content (AvgIpc) is 3.04. The van der Waals surface area contributed by atoms with E-state index in [1.54, 1.807) is 0 Å². The highest BCUT2D eigenvalue weighted by Gasteiger charge is 2.39. The highest BCUT2D eigenvalue weighted by atomic mass is 19.4. The van der Waals surface area contributed by atoms with Crippen LogP contribution in [0.15, 0.2) is 54.7 Å². The van der Waals surface area contributed by atoms with E-state index in [-0.39, 0.29) is 18.2 Å². The van der Waals surface area contributed by atoms with Gasteiger partial charge in [-0.2, -0.15) is 23.2 Å². The Morgan fingerprint density at radius 2 is 1.74 bits per heavy atom. The molecule has 1 saturated heterocycles. The highest BCUT2D eigenvalue weighted by molar-refractivity contribution is 6.26. The maximum absolute atomic E-state index is 14.7. The quantitative estimate of drug-likeness (QED) is 0.470. The molecule has 0 unspecified atom stereocenters. The fourth-order valence-corrected chi connectivity index (χ4v) is 4.64. The van der Waals surface area contributed by atoms with Gasteiger partial charge in [0.1, 0.15) is 5.82 Å². The first-order chi connectivity index (χ1) is 18.7. The fourth-order valence-electron chi connectivity index (χ4n) is 4.64. The summed E-state index contributed by atoms with van der Waals surface area (Å²) >= 11 is 0. The molecule has 8 nitrogen and oxygen atoms in total. The van der Waals surface area contributed by atoms with Crippen molar-refractivity contribution in [2.45, 2.75) is 12.6 Å². The van der Waals surface area contributed by atoms with E-state index in [0.717, 1.165) is 55.1 Å². The second-order valence-electron chi connectivity index (χ2n) is 9.27. The van der Waals surface area contributed by atoms with Crippen LogP contribution in [0, 0.1) is 5.82 Å². The van der Waals surface area contributed by atoms with Crippen LogP contribution in [0.2, 0.25) is 0 Å². The third-order valence-electron chi connectivity index (χ3n) is 6.74. The summed E-state index contributed by atoms with van der Waals surface area (Å²) in [5.41, 5.74) is -0.348. The molecule has 0 saturated carbocycles. The van der Waals surface area contributed by atoms with E-state index in [1.807, 2.05) is 24.3 Å². The second-order valence-corrected chi connectivity index (χ2v) is 9.27. The van der Waals surface area contributed by atoms with Gasteiger partial charge in [0.2, 0.25) is 5.95 Å². The van der Waals surface area contributed by atoms with Gasteiger partial charge in [0, 0.05) is 60.5 Å². The number of hydroxylamine groups is 1. The average molecular weight is 543 g/mol. The van der Waals surface area contributed by atoms with E-state index in [2.05, 4.69) is 32.1 Å². The van der Waals surface area contributed by atoms with Crippen molar-refractivity contribution in [2.24, 2.45) is 0 Å². The first kappa shape index (κ1) is 26.6. The van der Waals surface area contributed by atoms with Crippen LogP contribution < -0.4 is 15.3 Å². The highest BCUT2D eigenvalue weighted by Crippen LogP contribution is 2.39. The maximum Gasteiger partial charge on any atom is 0.417 e. The van der Waals surface area contributed by atoms with Crippen LogP contribution in [0.1, 0.15) is 16.7 Å². The van der Waals surface area contributed by atoms with Gasteiger partial charge in [-0.15, -0.1) is 0 Å². The number of fused-ring (bicyclic) bond motifs is 1. The molecule has 1 aromatic heterocycles. The standard InChI is InChI=1S/C27H26F4N6O2/c1-35-12-14-36(15-13-35)19-9-7-18(8-10-19)33-26-32-16-17-6-11-20(25(38)37(39-2)24(17)34-26)23-21(27(29,30)31)4-3-5-22(23)28/h3-5,7-11,16H,6,12-15H2,1-2H3,(H,32,33,34). The lowest BCUT2D eigenvalue weighted by atomic mass is 9.97. The number of halogens is 4. The normalized spacial score (nSPS) is 16.6. The number of likely N-dealkylation sites (N-methyl/N-ethyl adjacent to an activating group) is 1. The van der Waals surface area contributed by atoms with Gasteiger partial charge in [-0.1, -0.05) is 12.1 Å². The SMILES string of the molecule is CON1C(=O)C(c2c(F)cccc2C(F)(F)F)=CCc2cnc(Nc3ccc(N4CCN(C)CC4)cc3)nc21. The number of piperazine rings is 1. The van der Waals surface area contributed by atoms with Gasteiger partial charge in [-0.3, -0.25) is 9.63 Å². The van der Waals surface area contributed by atoms with E-state index < -0.39 is 34.6 Å². The lowest BCUT2D eigenvalue weighted by Gasteiger charge is -2.34. The van der Waals surface area contributed by atoms with Gasteiger partial charge < -0.3 is 15.1 Å². The number of anilines is 4. The van der Waals surface area contributed by atoms with Crippen molar-refractivity contribution in [3.8, 4) is 0 Å². The molecule has 1 amide bonds. The summed E-state index contributed by atoms with van der Waals surface area (Å²) in [5, 5.41) is 3.84. The van der Waals surface area contributed by atoms with Gasteiger partial charge in [-0.25, -0.2) is 9.37 Å². The zero-order valence-electron chi connectivity index (χ0n) is 21.3. The Bertz CT molecular complexity index is 1400. The number of aromatic nitrogens is 2. The third-order valence-corrected chi connectivity index (χ3v) is 6.74. The summed E-state index contributed by atoms with van der Waals surface area (Å²) in [6.07, 6.45) is -2.19. The van der Waals surface area contributed by atoms with E-state index in [4.69, 9.17) is 4.84 Å². The lowest BCUT2D eigenvalue weighted by Crippen LogP contribution is -2.44. The smallest absolute Gasteiger partial charge is 0.369 e. The minimum atomic E-state index is -4.87. The van der Waals surface area contributed by atoms with Crippen LogP contribution in [-0.4, -0.2) is 61.1 Å². The number of amides is 1. The molecular formula is C27H26F4N6O2. The van der Waals surface area contributed by atoms with Gasteiger partial charge in [0.05, 0.1) is 12.7 Å². The van der Waals surface area contributed by atoms with Gasteiger partial charge in [0.15, 0.2) is 5.82 Å². The van der Waals surface area contributed by atoms with Crippen LogP contribution in [0.5, 0.6) is 0 Å². The van der Waals surface area contributed by atoms with Crippen molar-refractivity contribution in [1.29, 1.82) is 0 Å². The number of hydrogen-bond acceptors (Lipinski definition) is 7. The molecule has 5 rings (SSSR count). The van der Waals surface area contributed by atoms with Gasteiger partial charge in [0.25, 0.3) is 5.91 Å². The number of carbonyl (C=O) groups is 1. The monoisotopic (exact) mass is 542 g/mol. The largest absolute Gasteiger partial charge is 0.417 e. The van der Waals surface area contributed by atoms with Gasteiger partial charge in [-0.05, 0) is 49.9 Å². The zero-order chi connectivity index (χ0) is 27.7. The van der Waals surface area contributed by atoms with Crippen LogP contribution in [0.3, 0.4) is 0 Å². The lowest BCUT2D eigenvalue weighted by molar-refractivity contribution is -0.138. The van der Waals surface area contributed by atoms with Crippen LogP contribution >= 0.6 is 0 Å². The number of nitrogens with one attached hydrogen (secondary N) is 1. The predicted molar refractivity (Wildman–Crippen MR) is 139 cm³/mol.